The summed E-state index contributed by atoms with van der Waals surface area (Å²) >= 11 is 1.63. The zero-order valence-corrected chi connectivity index (χ0v) is 15.1. The van der Waals surface area contributed by atoms with E-state index < -0.39 is 0 Å². The van der Waals surface area contributed by atoms with Crippen LogP contribution in [0.2, 0.25) is 0 Å². The van der Waals surface area contributed by atoms with Crippen LogP contribution in [0.3, 0.4) is 0 Å². The normalized spacial score (nSPS) is 17.6. The summed E-state index contributed by atoms with van der Waals surface area (Å²) < 4.78 is 0. The third-order valence-electron chi connectivity index (χ3n) is 4.96. The molecule has 1 saturated heterocycles. The molecule has 1 aliphatic rings. The van der Waals surface area contributed by atoms with E-state index in [1.54, 1.807) is 11.3 Å². The van der Waals surface area contributed by atoms with Gasteiger partial charge in [-0.1, -0.05) is 24.3 Å². The van der Waals surface area contributed by atoms with E-state index in [2.05, 4.69) is 41.4 Å². The van der Waals surface area contributed by atoms with Gasteiger partial charge in [-0.15, -0.1) is 0 Å². The molecule has 0 aliphatic carbocycles. The molecule has 1 amide bonds. The van der Waals surface area contributed by atoms with Gasteiger partial charge in [-0.3, -0.25) is 9.89 Å². The predicted molar refractivity (Wildman–Crippen MR) is 101 cm³/mol. The molecule has 0 spiro atoms. The molecule has 128 valence electrons. The number of rotatable bonds is 3. The lowest BCUT2D eigenvalue weighted by Gasteiger charge is -2.33. The number of aromatic amines is 1. The Hall–Kier alpha value is -2.40. The van der Waals surface area contributed by atoms with Crippen molar-refractivity contribution < 1.29 is 4.79 Å². The number of piperidine rings is 1. The fourth-order valence-corrected chi connectivity index (χ4v) is 4.27. The van der Waals surface area contributed by atoms with Crippen molar-refractivity contribution in [1.82, 2.24) is 15.1 Å². The topological polar surface area (TPSA) is 49.0 Å². The van der Waals surface area contributed by atoms with E-state index in [0.29, 0.717) is 11.6 Å². The Bertz CT molecular complexity index is 869. The SMILES string of the molecule is Cc1ccccc1[C@@H]1CCCN(C(=O)c2cc(-c3ccsc3)n[nH]2)C1. The molecule has 1 atom stereocenters. The average Bonchev–Trinajstić information content (AvgIpc) is 3.33. The fourth-order valence-electron chi connectivity index (χ4n) is 3.62. The van der Waals surface area contributed by atoms with Gasteiger partial charge in [0.1, 0.15) is 5.69 Å². The summed E-state index contributed by atoms with van der Waals surface area (Å²) in [5.74, 6) is 0.463. The maximum atomic E-state index is 12.9. The molecular formula is C20H21N3OS. The second-order valence-electron chi connectivity index (χ2n) is 6.63. The largest absolute Gasteiger partial charge is 0.337 e. The van der Waals surface area contributed by atoms with E-state index in [1.807, 2.05) is 27.8 Å². The van der Waals surface area contributed by atoms with E-state index in [9.17, 15) is 4.79 Å². The van der Waals surface area contributed by atoms with E-state index in [1.165, 1.54) is 11.1 Å². The number of carbonyl (C=O) groups excluding carboxylic acids is 1. The van der Waals surface area contributed by atoms with Gasteiger partial charge in [0.25, 0.3) is 5.91 Å². The number of amides is 1. The van der Waals surface area contributed by atoms with Crippen LogP contribution in [0.25, 0.3) is 11.3 Å². The minimum absolute atomic E-state index is 0.0484. The Morgan fingerprint density at radius 1 is 1.32 bits per heavy atom. The van der Waals surface area contributed by atoms with Crippen molar-refractivity contribution in [2.24, 2.45) is 0 Å². The van der Waals surface area contributed by atoms with E-state index >= 15 is 0 Å². The van der Waals surface area contributed by atoms with Crippen molar-refractivity contribution in [3.8, 4) is 11.3 Å². The van der Waals surface area contributed by atoms with E-state index in [-0.39, 0.29) is 5.91 Å². The van der Waals surface area contributed by atoms with Gasteiger partial charge in [-0.25, -0.2) is 0 Å². The van der Waals surface area contributed by atoms with Gasteiger partial charge in [-0.05, 0) is 48.4 Å². The first-order chi connectivity index (χ1) is 12.2. The molecule has 0 radical (unpaired) electrons. The zero-order chi connectivity index (χ0) is 17.2. The summed E-state index contributed by atoms with van der Waals surface area (Å²) in [6.07, 6.45) is 2.17. The van der Waals surface area contributed by atoms with Crippen LogP contribution >= 0.6 is 11.3 Å². The lowest BCUT2D eigenvalue weighted by Crippen LogP contribution is -2.39. The standard InChI is InChI=1S/C20H21N3OS/c1-14-5-2-3-7-17(14)15-6-4-9-23(12-15)20(24)19-11-18(21-22-19)16-8-10-25-13-16/h2-3,5,7-8,10-11,13,15H,4,6,9,12H2,1H3,(H,21,22)/t15-/m1/s1. The Labute approximate surface area is 151 Å². The summed E-state index contributed by atoms with van der Waals surface area (Å²) in [5, 5.41) is 11.3. The predicted octanol–water partition coefficient (Wildman–Crippen LogP) is 4.47. The van der Waals surface area contributed by atoms with Crippen molar-refractivity contribution in [2.75, 3.05) is 13.1 Å². The summed E-state index contributed by atoms with van der Waals surface area (Å²) in [7, 11) is 0. The molecule has 0 saturated carbocycles. The summed E-state index contributed by atoms with van der Waals surface area (Å²) in [4.78, 5) is 14.9. The number of benzene rings is 1. The number of nitrogens with one attached hydrogen (secondary N) is 1. The highest BCUT2D eigenvalue weighted by molar-refractivity contribution is 7.08. The Kier molecular flexibility index (Phi) is 4.40. The van der Waals surface area contributed by atoms with Crippen LogP contribution < -0.4 is 0 Å². The van der Waals surface area contributed by atoms with Gasteiger partial charge in [0, 0.05) is 30.0 Å². The first-order valence-corrected chi connectivity index (χ1v) is 9.59. The molecule has 0 bridgehead atoms. The van der Waals surface area contributed by atoms with Crippen molar-refractivity contribution in [3.05, 3.63) is 64.0 Å². The van der Waals surface area contributed by atoms with Crippen LogP contribution in [0.15, 0.2) is 47.2 Å². The van der Waals surface area contributed by atoms with Crippen molar-refractivity contribution in [2.45, 2.75) is 25.7 Å². The van der Waals surface area contributed by atoms with Crippen LogP contribution in [0.5, 0.6) is 0 Å². The van der Waals surface area contributed by atoms with Gasteiger partial charge in [0.2, 0.25) is 0 Å². The second-order valence-corrected chi connectivity index (χ2v) is 7.41. The number of hydrogen-bond acceptors (Lipinski definition) is 3. The highest BCUT2D eigenvalue weighted by atomic mass is 32.1. The number of aromatic nitrogens is 2. The molecule has 25 heavy (non-hydrogen) atoms. The molecule has 1 aromatic carbocycles. The van der Waals surface area contributed by atoms with Gasteiger partial charge in [0.15, 0.2) is 0 Å². The first kappa shape index (κ1) is 16.1. The first-order valence-electron chi connectivity index (χ1n) is 8.65. The highest BCUT2D eigenvalue weighted by Gasteiger charge is 2.27. The molecule has 4 rings (SSSR count). The van der Waals surface area contributed by atoms with Crippen LogP contribution in [0.4, 0.5) is 0 Å². The number of thiophene rings is 1. The van der Waals surface area contributed by atoms with Crippen molar-refractivity contribution >= 4 is 17.2 Å². The number of hydrogen-bond donors (Lipinski definition) is 1. The van der Waals surface area contributed by atoms with Gasteiger partial charge >= 0.3 is 0 Å². The molecule has 3 aromatic rings. The lowest BCUT2D eigenvalue weighted by molar-refractivity contribution is 0.0701. The maximum Gasteiger partial charge on any atom is 0.271 e. The van der Waals surface area contributed by atoms with Gasteiger partial charge in [0.05, 0.1) is 5.69 Å². The highest BCUT2D eigenvalue weighted by Crippen LogP contribution is 2.30. The third-order valence-corrected chi connectivity index (χ3v) is 5.65. The van der Waals surface area contributed by atoms with Crippen molar-refractivity contribution in [3.63, 3.8) is 0 Å². The molecule has 1 aliphatic heterocycles. The molecule has 2 aromatic heterocycles. The minimum Gasteiger partial charge on any atom is -0.337 e. The fraction of sp³-hybridized carbons (Fsp3) is 0.300. The maximum absolute atomic E-state index is 12.9. The Balaban J connectivity index is 1.51. The number of H-pyrrole nitrogens is 1. The molecule has 3 heterocycles. The van der Waals surface area contributed by atoms with Crippen LogP contribution in [0.1, 0.15) is 40.4 Å². The third kappa shape index (κ3) is 3.24. The summed E-state index contributed by atoms with van der Waals surface area (Å²) in [5.41, 5.74) is 5.13. The Morgan fingerprint density at radius 2 is 2.20 bits per heavy atom. The average molecular weight is 351 g/mol. The van der Waals surface area contributed by atoms with Gasteiger partial charge in [-0.2, -0.15) is 16.4 Å². The Morgan fingerprint density at radius 3 is 3.00 bits per heavy atom. The number of nitrogens with zero attached hydrogens (tertiary/aromatic N) is 2. The van der Waals surface area contributed by atoms with Crippen LogP contribution in [-0.4, -0.2) is 34.1 Å². The zero-order valence-electron chi connectivity index (χ0n) is 14.2. The van der Waals surface area contributed by atoms with E-state index in [0.717, 1.165) is 37.2 Å². The monoisotopic (exact) mass is 351 g/mol. The summed E-state index contributed by atoms with van der Waals surface area (Å²) in [6.45, 7) is 3.74. The summed E-state index contributed by atoms with van der Waals surface area (Å²) in [6, 6.07) is 12.4. The minimum atomic E-state index is 0.0484. The van der Waals surface area contributed by atoms with Crippen LogP contribution in [-0.2, 0) is 0 Å². The van der Waals surface area contributed by atoms with E-state index in [4.69, 9.17) is 0 Å². The molecule has 0 unspecified atom stereocenters. The van der Waals surface area contributed by atoms with Crippen molar-refractivity contribution in [1.29, 1.82) is 0 Å². The molecule has 4 nitrogen and oxygen atoms in total. The molecular weight excluding hydrogens is 330 g/mol. The molecule has 1 N–H and O–H groups in total. The smallest absolute Gasteiger partial charge is 0.271 e. The van der Waals surface area contributed by atoms with Crippen LogP contribution in [0, 0.1) is 6.92 Å². The molecule has 5 heteroatoms. The van der Waals surface area contributed by atoms with Gasteiger partial charge < -0.3 is 4.90 Å². The molecule has 1 fully saturated rings. The number of carbonyl (C=O) groups is 1. The quantitative estimate of drug-likeness (QED) is 0.757. The number of likely N-dealkylation sites (tertiary alicyclic amines) is 1. The lowest BCUT2D eigenvalue weighted by atomic mass is 9.88. The second kappa shape index (κ2) is 6.84. The number of aryl methyl sites for hydroxylation is 1.